The van der Waals surface area contributed by atoms with Crippen molar-refractivity contribution in [3.63, 3.8) is 0 Å². The van der Waals surface area contributed by atoms with Crippen molar-refractivity contribution in [2.24, 2.45) is 5.92 Å². The summed E-state index contributed by atoms with van der Waals surface area (Å²) in [5, 5.41) is 13.0. The van der Waals surface area contributed by atoms with E-state index < -0.39 is 11.7 Å². The number of halogens is 5. The van der Waals surface area contributed by atoms with Crippen LogP contribution in [-0.2, 0) is 12.6 Å². The van der Waals surface area contributed by atoms with Gasteiger partial charge in [-0.2, -0.15) is 18.4 Å². The molecule has 0 aliphatic carbocycles. The molecule has 0 spiro atoms. The molecule has 0 radical (unpaired) electrons. The Bertz CT molecular complexity index is 925. The number of hydrogen-bond donors (Lipinski definition) is 1. The molecule has 0 aromatic heterocycles. The van der Waals surface area contributed by atoms with Crippen LogP contribution in [-0.4, -0.2) is 30.1 Å². The minimum absolute atomic E-state index is 0. The number of alkyl halides is 3. The number of rotatable bonds is 6. The second-order valence-electron chi connectivity index (χ2n) is 8.16. The van der Waals surface area contributed by atoms with Crippen LogP contribution in [0.4, 0.5) is 18.9 Å². The molecular weight excluding hydrogens is 446 g/mol. The predicted octanol–water partition coefficient (Wildman–Crippen LogP) is 6.41. The first-order valence-corrected chi connectivity index (χ1v) is 10.4. The highest BCUT2D eigenvalue weighted by Crippen LogP contribution is 2.35. The van der Waals surface area contributed by atoms with Gasteiger partial charge in [0.05, 0.1) is 17.2 Å². The Morgan fingerprint density at radius 3 is 2.55 bits per heavy atom. The number of nitriles is 1. The molecule has 168 valence electrons. The molecule has 2 atom stereocenters. The minimum atomic E-state index is -4.57. The molecule has 3 nitrogen and oxygen atoms in total. The summed E-state index contributed by atoms with van der Waals surface area (Å²) in [6, 6.07) is 13.2. The summed E-state index contributed by atoms with van der Waals surface area (Å²) in [7, 11) is 0. The van der Waals surface area contributed by atoms with Gasteiger partial charge in [0, 0.05) is 35.9 Å². The van der Waals surface area contributed by atoms with Crippen molar-refractivity contribution in [1.29, 1.82) is 5.26 Å². The van der Waals surface area contributed by atoms with Gasteiger partial charge in [-0.1, -0.05) is 43.6 Å². The highest BCUT2D eigenvalue weighted by atomic mass is 35.5. The quantitative estimate of drug-likeness (QED) is 0.529. The third-order valence-electron chi connectivity index (χ3n) is 5.44. The fourth-order valence-corrected chi connectivity index (χ4v) is 4.34. The van der Waals surface area contributed by atoms with E-state index in [2.05, 4.69) is 24.1 Å². The number of nitrogens with one attached hydrogen (secondary N) is 1. The summed E-state index contributed by atoms with van der Waals surface area (Å²) >= 11 is 6.37. The van der Waals surface area contributed by atoms with Gasteiger partial charge in [0.25, 0.3) is 0 Å². The third kappa shape index (κ3) is 6.29. The van der Waals surface area contributed by atoms with E-state index in [1.165, 1.54) is 6.07 Å². The number of anilines is 1. The van der Waals surface area contributed by atoms with E-state index in [4.69, 9.17) is 16.9 Å². The van der Waals surface area contributed by atoms with Crippen LogP contribution in [0.3, 0.4) is 0 Å². The maximum atomic E-state index is 13.3. The highest BCUT2D eigenvalue weighted by molar-refractivity contribution is 6.31. The lowest BCUT2D eigenvalue weighted by Gasteiger charge is -2.31. The van der Waals surface area contributed by atoms with Crippen molar-refractivity contribution in [3.05, 3.63) is 64.2 Å². The highest BCUT2D eigenvalue weighted by Gasteiger charge is 2.36. The SMILES string of the molecule is CC(C)CN1CC[C@H](Nc2ccc(C#N)c(C(F)(F)F)c2)C1Cc1ccccc1Cl.Cl. The third-order valence-corrected chi connectivity index (χ3v) is 5.81. The maximum absolute atomic E-state index is 13.3. The van der Waals surface area contributed by atoms with Crippen molar-refractivity contribution in [1.82, 2.24) is 4.90 Å². The van der Waals surface area contributed by atoms with Crippen LogP contribution in [0, 0.1) is 17.2 Å². The van der Waals surface area contributed by atoms with Crippen LogP contribution in [0.5, 0.6) is 0 Å². The van der Waals surface area contributed by atoms with Crippen molar-refractivity contribution in [3.8, 4) is 6.07 Å². The lowest BCUT2D eigenvalue weighted by Crippen LogP contribution is -2.42. The van der Waals surface area contributed by atoms with Crippen LogP contribution in [0.2, 0.25) is 5.02 Å². The average molecular weight is 472 g/mol. The molecule has 1 fully saturated rings. The summed E-state index contributed by atoms with van der Waals surface area (Å²) in [5.74, 6) is 0.476. The molecule has 2 aromatic carbocycles. The molecule has 8 heteroatoms. The Morgan fingerprint density at radius 2 is 1.94 bits per heavy atom. The van der Waals surface area contributed by atoms with Crippen molar-refractivity contribution in [2.45, 2.75) is 44.9 Å². The minimum Gasteiger partial charge on any atom is -0.381 e. The molecule has 0 bridgehead atoms. The van der Waals surface area contributed by atoms with Crippen LogP contribution < -0.4 is 5.32 Å². The largest absolute Gasteiger partial charge is 0.417 e. The van der Waals surface area contributed by atoms with Gasteiger partial charge >= 0.3 is 6.18 Å². The smallest absolute Gasteiger partial charge is 0.381 e. The van der Waals surface area contributed by atoms with Crippen LogP contribution in [0.1, 0.15) is 37.0 Å². The van der Waals surface area contributed by atoms with Gasteiger partial charge < -0.3 is 5.32 Å². The van der Waals surface area contributed by atoms with Gasteiger partial charge in [0.15, 0.2) is 0 Å². The number of likely N-dealkylation sites (tertiary alicyclic amines) is 1. The first-order valence-electron chi connectivity index (χ1n) is 10.0. The first-order chi connectivity index (χ1) is 14.2. The molecule has 1 unspecified atom stereocenters. The monoisotopic (exact) mass is 471 g/mol. The van der Waals surface area contributed by atoms with Crippen LogP contribution >= 0.6 is 24.0 Å². The molecule has 1 saturated heterocycles. The van der Waals surface area contributed by atoms with E-state index in [1.807, 2.05) is 24.3 Å². The molecule has 1 N–H and O–H groups in total. The topological polar surface area (TPSA) is 39.1 Å². The van der Waals surface area contributed by atoms with Crippen molar-refractivity contribution >= 4 is 29.7 Å². The zero-order valence-electron chi connectivity index (χ0n) is 17.4. The van der Waals surface area contributed by atoms with E-state index in [0.29, 0.717) is 23.0 Å². The summed E-state index contributed by atoms with van der Waals surface area (Å²) in [6.45, 7) is 6.09. The lowest BCUT2D eigenvalue weighted by molar-refractivity contribution is -0.137. The Kier molecular flexibility index (Phi) is 8.65. The molecule has 0 amide bonds. The van der Waals surface area contributed by atoms with Crippen LogP contribution in [0.15, 0.2) is 42.5 Å². The fourth-order valence-electron chi connectivity index (χ4n) is 4.12. The van der Waals surface area contributed by atoms with Gasteiger partial charge in [-0.25, -0.2) is 0 Å². The van der Waals surface area contributed by atoms with Crippen molar-refractivity contribution < 1.29 is 13.2 Å². The fraction of sp³-hybridized carbons (Fsp3) is 0.435. The molecule has 1 heterocycles. The summed E-state index contributed by atoms with van der Waals surface area (Å²) in [4.78, 5) is 2.39. The van der Waals surface area contributed by atoms with Gasteiger partial charge in [-0.05, 0) is 48.6 Å². The Balaban J connectivity index is 0.00000341. The molecule has 2 aromatic rings. The van der Waals surface area contributed by atoms with Gasteiger partial charge in [0.2, 0.25) is 0 Å². The normalized spacial score (nSPS) is 19.2. The summed E-state index contributed by atoms with van der Waals surface area (Å²) in [5.41, 5.74) is 0.132. The molecule has 0 saturated carbocycles. The van der Waals surface area contributed by atoms with Crippen molar-refractivity contribution in [2.75, 3.05) is 18.4 Å². The lowest BCUT2D eigenvalue weighted by atomic mass is 9.98. The standard InChI is InChI=1S/C23H25ClF3N3.ClH/c1-15(2)14-30-10-9-21(22(30)11-16-5-3-4-6-20(16)24)29-18-8-7-17(13-28)19(12-18)23(25,26)27;/h3-8,12,15,21-22,29H,9-11,14H2,1-2H3;1H/t21-,22?;/m0./s1. The van der Waals surface area contributed by atoms with Crippen LogP contribution in [0.25, 0.3) is 0 Å². The second kappa shape index (κ2) is 10.6. The van der Waals surface area contributed by atoms with E-state index >= 15 is 0 Å². The molecule has 3 rings (SSSR count). The van der Waals surface area contributed by atoms with E-state index in [9.17, 15) is 13.2 Å². The Labute approximate surface area is 192 Å². The van der Waals surface area contributed by atoms with E-state index in [0.717, 1.165) is 31.1 Å². The van der Waals surface area contributed by atoms with Gasteiger partial charge in [-0.15, -0.1) is 12.4 Å². The molecule has 1 aliphatic heterocycles. The number of nitrogens with zero attached hydrogens (tertiary/aromatic N) is 2. The molecular formula is C23H26Cl2F3N3. The Morgan fingerprint density at radius 1 is 1.23 bits per heavy atom. The predicted molar refractivity (Wildman–Crippen MR) is 121 cm³/mol. The number of benzene rings is 2. The second-order valence-corrected chi connectivity index (χ2v) is 8.57. The summed E-state index contributed by atoms with van der Waals surface area (Å²) in [6.07, 6.45) is -3.03. The zero-order valence-corrected chi connectivity index (χ0v) is 19.0. The molecule has 1 aliphatic rings. The maximum Gasteiger partial charge on any atom is 0.417 e. The molecule has 31 heavy (non-hydrogen) atoms. The van der Waals surface area contributed by atoms with Gasteiger partial charge in [0.1, 0.15) is 0 Å². The first kappa shape index (κ1) is 25.3. The Hall–Kier alpha value is -1.94. The number of hydrogen-bond acceptors (Lipinski definition) is 3. The van der Waals surface area contributed by atoms with E-state index in [-0.39, 0.29) is 30.1 Å². The average Bonchev–Trinajstić information content (AvgIpc) is 3.03. The summed E-state index contributed by atoms with van der Waals surface area (Å²) < 4.78 is 40.0. The zero-order chi connectivity index (χ0) is 21.9. The van der Waals surface area contributed by atoms with Gasteiger partial charge in [-0.3, -0.25) is 4.90 Å². The van der Waals surface area contributed by atoms with E-state index in [1.54, 1.807) is 12.1 Å².